The molecule has 0 unspecified atom stereocenters. The highest BCUT2D eigenvalue weighted by molar-refractivity contribution is 6.09. The van der Waals surface area contributed by atoms with Gasteiger partial charge in [0.2, 0.25) is 6.61 Å². The van der Waals surface area contributed by atoms with Crippen LogP contribution in [-0.2, 0) is 9.63 Å². The molecule has 0 fully saturated rings. The second-order valence-electron chi connectivity index (χ2n) is 6.20. The van der Waals surface area contributed by atoms with Crippen LogP contribution in [-0.4, -0.2) is 23.4 Å². The predicted octanol–water partition coefficient (Wildman–Crippen LogP) is 5.08. The highest BCUT2D eigenvalue weighted by Gasteiger charge is 2.11. The van der Waals surface area contributed by atoms with Gasteiger partial charge in [-0.15, -0.1) is 0 Å². The third-order valence-electron chi connectivity index (χ3n) is 4.41. The summed E-state index contributed by atoms with van der Waals surface area (Å²) in [6.07, 6.45) is 0. The SMILES string of the molecule is CC(=NOCC(=O)O)c1ccc(-c2cccc3c2oc2ccccc23)cc1. The molecule has 0 atom stereocenters. The van der Waals surface area contributed by atoms with Gasteiger partial charge in [0.05, 0.1) is 5.71 Å². The highest BCUT2D eigenvalue weighted by atomic mass is 16.6. The van der Waals surface area contributed by atoms with Crippen molar-refractivity contribution in [3.05, 3.63) is 72.3 Å². The highest BCUT2D eigenvalue weighted by Crippen LogP contribution is 2.35. The van der Waals surface area contributed by atoms with Crippen LogP contribution >= 0.6 is 0 Å². The zero-order valence-electron chi connectivity index (χ0n) is 14.7. The van der Waals surface area contributed by atoms with E-state index < -0.39 is 12.6 Å². The maximum Gasteiger partial charge on any atom is 0.344 e. The van der Waals surface area contributed by atoms with Crippen molar-refractivity contribution in [3.8, 4) is 11.1 Å². The summed E-state index contributed by atoms with van der Waals surface area (Å²) in [6.45, 7) is 1.32. The summed E-state index contributed by atoms with van der Waals surface area (Å²) < 4.78 is 6.09. The number of furan rings is 1. The monoisotopic (exact) mass is 359 g/mol. The zero-order valence-corrected chi connectivity index (χ0v) is 14.7. The Morgan fingerprint density at radius 3 is 2.52 bits per heavy atom. The van der Waals surface area contributed by atoms with Crippen molar-refractivity contribution in [2.75, 3.05) is 6.61 Å². The molecule has 1 N–H and O–H groups in total. The Labute approximate surface area is 155 Å². The van der Waals surface area contributed by atoms with E-state index in [2.05, 4.69) is 17.3 Å². The Hall–Kier alpha value is -3.60. The van der Waals surface area contributed by atoms with Crippen LogP contribution in [0, 0.1) is 0 Å². The average Bonchev–Trinajstić information content (AvgIpc) is 3.06. The molecule has 5 heteroatoms. The lowest BCUT2D eigenvalue weighted by Gasteiger charge is -2.05. The minimum absolute atomic E-state index is 0.455. The first-order valence-electron chi connectivity index (χ1n) is 8.53. The molecule has 0 aliphatic heterocycles. The molecule has 3 aromatic carbocycles. The Morgan fingerprint density at radius 1 is 1.00 bits per heavy atom. The molecule has 0 bridgehead atoms. The van der Waals surface area contributed by atoms with Gasteiger partial charge in [-0.2, -0.15) is 0 Å². The van der Waals surface area contributed by atoms with E-state index in [-0.39, 0.29) is 0 Å². The van der Waals surface area contributed by atoms with Crippen molar-refractivity contribution in [1.82, 2.24) is 0 Å². The minimum atomic E-state index is -1.05. The van der Waals surface area contributed by atoms with Gasteiger partial charge in [0.15, 0.2) is 0 Å². The molecule has 27 heavy (non-hydrogen) atoms. The molecule has 0 aliphatic carbocycles. The molecule has 0 aliphatic rings. The fourth-order valence-corrected chi connectivity index (χ4v) is 3.10. The summed E-state index contributed by atoms with van der Waals surface area (Å²) >= 11 is 0. The van der Waals surface area contributed by atoms with Crippen molar-refractivity contribution in [3.63, 3.8) is 0 Å². The van der Waals surface area contributed by atoms with Crippen LogP contribution in [0.4, 0.5) is 0 Å². The predicted molar refractivity (Wildman–Crippen MR) is 105 cm³/mol. The van der Waals surface area contributed by atoms with Gasteiger partial charge in [-0.1, -0.05) is 65.8 Å². The van der Waals surface area contributed by atoms with E-state index in [0.717, 1.165) is 38.6 Å². The number of carboxylic acid groups (broad SMARTS) is 1. The van der Waals surface area contributed by atoms with Crippen molar-refractivity contribution >= 4 is 33.6 Å². The Morgan fingerprint density at radius 2 is 1.74 bits per heavy atom. The topological polar surface area (TPSA) is 72.0 Å². The molecule has 0 radical (unpaired) electrons. The number of hydrogen-bond acceptors (Lipinski definition) is 4. The summed E-state index contributed by atoms with van der Waals surface area (Å²) in [5, 5.41) is 14.6. The number of carboxylic acids is 1. The largest absolute Gasteiger partial charge is 0.479 e. The Bertz CT molecular complexity index is 1160. The molecule has 5 nitrogen and oxygen atoms in total. The number of benzene rings is 3. The number of oxime groups is 1. The van der Waals surface area contributed by atoms with E-state index in [9.17, 15) is 4.79 Å². The minimum Gasteiger partial charge on any atom is -0.479 e. The van der Waals surface area contributed by atoms with Crippen LogP contribution in [0.1, 0.15) is 12.5 Å². The normalized spacial score (nSPS) is 11.8. The molecular weight excluding hydrogens is 342 g/mol. The fourth-order valence-electron chi connectivity index (χ4n) is 3.10. The van der Waals surface area contributed by atoms with Crippen LogP contribution in [0.2, 0.25) is 0 Å². The lowest BCUT2D eigenvalue weighted by Crippen LogP contribution is -2.05. The maximum absolute atomic E-state index is 10.5. The summed E-state index contributed by atoms with van der Waals surface area (Å²) in [7, 11) is 0. The first kappa shape index (κ1) is 16.8. The number of rotatable bonds is 5. The summed E-state index contributed by atoms with van der Waals surface area (Å²) in [5.74, 6) is -1.05. The number of nitrogens with zero attached hydrogens (tertiary/aromatic N) is 1. The van der Waals surface area contributed by atoms with Crippen LogP contribution < -0.4 is 0 Å². The van der Waals surface area contributed by atoms with E-state index in [1.54, 1.807) is 6.92 Å². The van der Waals surface area contributed by atoms with Crippen LogP contribution in [0.25, 0.3) is 33.1 Å². The summed E-state index contributed by atoms with van der Waals surface area (Å²) in [4.78, 5) is 15.3. The zero-order chi connectivity index (χ0) is 18.8. The van der Waals surface area contributed by atoms with E-state index in [1.165, 1.54) is 0 Å². The second kappa shape index (κ2) is 6.96. The van der Waals surface area contributed by atoms with Crippen molar-refractivity contribution in [2.45, 2.75) is 6.92 Å². The Kier molecular flexibility index (Phi) is 4.34. The first-order valence-corrected chi connectivity index (χ1v) is 8.53. The van der Waals surface area contributed by atoms with Gasteiger partial charge in [-0.25, -0.2) is 4.79 Å². The van der Waals surface area contributed by atoms with Gasteiger partial charge in [-0.3, -0.25) is 0 Å². The van der Waals surface area contributed by atoms with E-state index >= 15 is 0 Å². The van der Waals surface area contributed by atoms with Crippen LogP contribution in [0.3, 0.4) is 0 Å². The van der Waals surface area contributed by atoms with Gasteiger partial charge in [-0.05, 0) is 24.1 Å². The Balaban J connectivity index is 1.69. The smallest absolute Gasteiger partial charge is 0.344 e. The van der Waals surface area contributed by atoms with Gasteiger partial charge >= 0.3 is 5.97 Å². The van der Waals surface area contributed by atoms with Crippen molar-refractivity contribution in [1.29, 1.82) is 0 Å². The first-order chi connectivity index (χ1) is 13.1. The standard InChI is InChI=1S/C22H17NO4/c1-14(23-26-13-21(24)25)15-9-11-16(12-10-15)17-6-4-7-19-18-5-2-3-8-20(18)27-22(17)19/h2-12H,13H2,1H3,(H,24,25). The molecule has 0 spiro atoms. The molecule has 1 aromatic heterocycles. The van der Waals surface area contributed by atoms with Gasteiger partial charge in [0, 0.05) is 16.3 Å². The van der Waals surface area contributed by atoms with Crippen LogP contribution in [0.15, 0.2) is 76.3 Å². The lowest BCUT2D eigenvalue weighted by molar-refractivity contribution is -0.142. The fraction of sp³-hybridized carbons (Fsp3) is 0.0909. The molecule has 0 amide bonds. The lowest BCUT2D eigenvalue weighted by atomic mass is 10.0. The van der Waals surface area contributed by atoms with Crippen molar-refractivity contribution < 1.29 is 19.2 Å². The quantitative estimate of drug-likeness (QED) is 0.398. The maximum atomic E-state index is 10.5. The van der Waals surface area contributed by atoms with Gasteiger partial charge in [0.1, 0.15) is 11.2 Å². The summed E-state index contributed by atoms with van der Waals surface area (Å²) in [6, 6.07) is 22.0. The van der Waals surface area contributed by atoms with E-state index in [1.807, 2.05) is 54.6 Å². The van der Waals surface area contributed by atoms with E-state index in [0.29, 0.717) is 5.71 Å². The van der Waals surface area contributed by atoms with Crippen molar-refractivity contribution in [2.24, 2.45) is 5.16 Å². The molecular formula is C22H17NO4. The summed E-state index contributed by atoms with van der Waals surface area (Å²) in [5.41, 5.74) is 5.26. The third-order valence-corrected chi connectivity index (χ3v) is 4.41. The molecule has 4 rings (SSSR count). The molecule has 134 valence electrons. The van der Waals surface area contributed by atoms with Gasteiger partial charge < -0.3 is 14.4 Å². The average molecular weight is 359 g/mol. The second-order valence-corrected chi connectivity index (χ2v) is 6.20. The van der Waals surface area contributed by atoms with E-state index in [4.69, 9.17) is 14.4 Å². The third kappa shape index (κ3) is 3.27. The molecule has 0 saturated heterocycles. The number of hydrogen-bond donors (Lipinski definition) is 1. The molecule has 0 saturated carbocycles. The van der Waals surface area contributed by atoms with Gasteiger partial charge in [0.25, 0.3) is 0 Å². The molecule has 1 heterocycles. The number of fused-ring (bicyclic) bond motifs is 3. The number of para-hydroxylation sites is 2. The number of carbonyl (C=O) groups is 1. The number of aliphatic carboxylic acids is 1. The van der Waals surface area contributed by atoms with Crippen LogP contribution in [0.5, 0.6) is 0 Å². The molecule has 4 aromatic rings.